The molecule has 0 saturated carbocycles. The average molecular weight is 219 g/mol. The van der Waals surface area contributed by atoms with Crippen LogP contribution in [0.15, 0.2) is 11.9 Å². The molecule has 1 nitrogen and oxygen atoms in total. The third-order valence-electron chi connectivity index (χ3n) is 3.00. The van der Waals surface area contributed by atoms with Crippen molar-refractivity contribution in [2.24, 2.45) is 0 Å². The molecule has 0 saturated heterocycles. The smallest absolute Gasteiger partial charge is 0.686 e. The van der Waals surface area contributed by atoms with E-state index in [-0.39, 0.29) is 24.4 Å². The number of hydrogen-bond acceptors (Lipinski definition) is 0. The van der Waals surface area contributed by atoms with Crippen LogP contribution in [0.3, 0.4) is 0 Å². The molecule has 0 aliphatic carbocycles. The quantitative estimate of drug-likeness (QED) is 0.625. The number of rotatable bonds is 5. The monoisotopic (exact) mass is 219 g/mol. The van der Waals surface area contributed by atoms with E-state index < -0.39 is 8.07 Å². The number of hydrogen-bond donors (Lipinski definition) is 0. The van der Waals surface area contributed by atoms with Crippen LogP contribution in [0.2, 0.25) is 18.1 Å². The van der Waals surface area contributed by atoms with Crippen LogP contribution in [0, 0.1) is 0 Å². The molecule has 3 heteroatoms. The normalized spacial score (nSPS) is 12.7. The van der Waals surface area contributed by atoms with Gasteiger partial charge in [-0.2, -0.15) is 6.20 Å². The van der Waals surface area contributed by atoms with Gasteiger partial charge in [0.1, 0.15) is 0 Å². The summed E-state index contributed by atoms with van der Waals surface area (Å²) < 4.78 is 0. The molecule has 0 spiro atoms. The second-order valence-electron chi connectivity index (χ2n) is 5.04. The molecule has 0 aromatic rings. The summed E-state index contributed by atoms with van der Waals surface area (Å²) in [5.41, 5.74) is 2.50. The largest absolute Gasteiger partial charge is 1.00 e. The SMILES string of the molecule is CC[Si](C=C[N-]C(C)(C)C)(CC)CC.[Li+]. The van der Waals surface area contributed by atoms with Gasteiger partial charge in [-0.1, -0.05) is 59.7 Å². The molecule has 0 N–H and O–H groups in total. The predicted molar refractivity (Wildman–Crippen MR) is 69.4 cm³/mol. The van der Waals surface area contributed by atoms with E-state index in [0.29, 0.717) is 0 Å². The molecule has 0 bridgehead atoms. The van der Waals surface area contributed by atoms with E-state index in [1.807, 2.05) is 0 Å². The van der Waals surface area contributed by atoms with Gasteiger partial charge >= 0.3 is 18.9 Å². The van der Waals surface area contributed by atoms with E-state index >= 15 is 0 Å². The fourth-order valence-electron chi connectivity index (χ4n) is 1.52. The third-order valence-corrected chi connectivity index (χ3v) is 8.08. The summed E-state index contributed by atoms with van der Waals surface area (Å²) in [5, 5.41) is 4.54. The third kappa shape index (κ3) is 7.27. The van der Waals surface area contributed by atoms with Gasteiger partial charge in [0, 0.05) is 0 Å². The molecule has 0 aromatic heterocycles. The summed E-state index contributed by atoms with van der Waals surface area (Å²) in [4.78, 5) is 0. The Hall–Kier alpha value is 0.354. The maximum atomic E-state index is 4.54. The molecule has 15 heavy (non-hydrogen) atoms. The molecule has 0 heterocycles. The Morgan fingerprint density at radius 1 is 1.00 bits per heavy atom. The molecular formula is C12H26LiNSi. The van der Waals surface area contributed by atoms with Crippen LogP contribution in [0.1, 0.15) is 41.5 Å². The molecule has 0 rings (SSSR count). The van der Waals surface area contributed by atoms with Crippen molar-refractivity contribution in [3.63, 3.8) is 0 Å². The topological polar surface area (TPSA) is 14.1 Å². The van der Waals surface area contributed by atoms with Crippen LogP contribution in [-0.4, -0.2) is 13.6 Å². The van der Waals surface area contributed by atoms with Gasteiger partial charge in [0.15, 0.2) is 0 Å². The molecular weight excluding hydrogens is 193 g/mol. The van der Waals surface area contributed by atoms with E-state index in [1.165, 1.54) is 18.1 Å². The van der Waals surface area contributed by atoms with Crippen molar-refractivity contribution in [2.75, 3.05) is 0 Å². The van der Waals surface area contributed by atoms with Crippen LogP contribution < -0.4 is 18.9 Å². The minimum absolute atomic E-state index is 0. The number of nitrogens with zero attached hydrogens (tertiary/aromatic N) is 1. The standard InChI is InChI=1S/C12H26NSi.Li/c1-7-14(8-2,9-3)11-10-13-12(4,5)6;/h10-11H,7-9H2,1-6H3;/q-1;+1. The maximum Gasteiger partial charge on any atom is 1.00 e. The Labute approximate surface area is 109 Å². The summed E-state index contributed by atoms with van der Waals surface area (Å²) in [6.45, 7) is 13.4. The van der Waals surface area contributed by atoms with E-state index in [0.717, 1.165) is 0 Å². The van der Waals surface area contributed by atoms with Crippen LogP contribution in [0.25, 0.3) is 5.32 Å². The van der Waals surface area contributed by atoms with E-state index in [2.05, 4.69) is 58.8 Å². The van der Waals surface area contributed by atoms with Crippen molar-refractivity contribution in [3.05, 3.63) is 17.2 Å². The Balaban J connectivity index is 0. The van der Waals surface area contributed by atoms with Crippen molar-refractivity contribution < 1.29 is 18.9 Å². The first-order valence-electron chi connectivity index (χ1n) is 5.79. The van der Waals surface area contributed by atoms with Gasteiger partial charge in [0.25, 0.3) is 0 Å². The van der Waals surface area contributed by atoms with Gasteiger partial charge in [-0.25, -0.2) is 0 Å². The maximum absolute atomic E-state index is 4.54. The Kier molecular flexibility index (Phi) is 8.99. The molecule has 84 valence electrons. The fraction of sp³-hybridized carbons (Fsp3) is 0.833. The van der Waals surface area contributed by atoms with E-state index in [9.17, 15) is 0 Å². The van der Waals surface area contributed by atoms with E-state index in [4.69, 9.17) is 0 Å². The second-order valence-corrected chi connectivity index (χ2v) is 10.2. The Morgan fingerprint density at radius 3 is 1.67 bits per heavy atom. The molecule has 0 amide bonds. The molecule has 0 aliphatic rings. The fourth-order valence-corrected chi connectivity index (χ4v) is 4.12. The van der Waals surface area contributed by atoms with Crippen LogP contribution >= 0.6 is 0 Å². The van der Waals surface area contributed by atoms with Gasteiger partial charge in [0.2, 0.25) is 0 Å². The average Bonchev–Trinajstić information content (AvgIpc) is 2.11. The minimum atomic E-state index is -1.09. The van der Waals surface area contributed by atoms with Gasteiger partial charge in [-0.3, -0.25) is 0 Å². The Bertz CT molecular complexity index is 172. The van der Waals surface area contributed by atoms with E-state index in [1.54, 1.807) is 0 Å². The van der Waals surface area contributed by atoms with Crippen molar-refractivity contribution >= 4 is 8.07 Å². The summed E-state index contributed by atoms with van der Waals surface area (Å²) in [6.07, 6.45) is 2.07. The summed E-state index contributed by atoms with van der Waals surface area (Å²) in [5.74, 6) is 0. The van der Waals surface area contributed by atoms with Crippen molar-refractivity contribution in [2.45, 2.75) is 65.2 Å². The van der Waals surface area contributed by atoms with Gasteiger partial charge in [-0.15, -0.1) is 11.2 Å². The van der Waals surface area contributed by atoms with Crippen molar-refractivity contribution in [1.29, 1.82) is 0 Å². The molecule has 0 aliphatic heterocycles. The van der Waals surface area contributed by atoms with Crippen LogP contribution in [-0.2, 0) is 0 Å². The van der Waals surface area contributed by atoms with Crippen molar-refractivity contribution in [1.82, 2.24) is 0 Å². The first-order chi connectivity index (χ1) is 6.39. The predicted octanol–water partition coefficient (Wildman–Crippen LogP) is 1.72. The van der Waals surface area contributed by atoms with Gasteiger partial charge < -0.3 is 5.32 Å². The molecule has 0 fully saturated rings. The Morgan fingerprint density at radius 2 is 1.40 bits per heavy atom. The zero-order valence-corrected chi connectivity index (χ0v) is 12.7. The zero-order chi connectivity index (χ0) is 11.2. The summed E-state index contributed by atoms with van der Waals surface area (Å²) in [6, 6.07) is 4.03. The summed E-state index contributed by atoms with van der Waals surface area (Å²) in [7, 11) is -1.09. The van der Waals surface area contributed by atoms with Gasteiger partial charge in [-0.05, 0) is 0 Å². The molecule has 0 aromatic carbocycles. The van der Waals surface area contributed by atoms with Gasteiger partial charge in [0.05, 0.1) is 8.07 Å². The zero-order valence-electron chi connectivity index (χ0n) is 11.7. The minimum Gasteiger partial charge on any atom is -0.686 e. The molecule has 0 unspecified atom stereocenters. The second kappa shape index (κ2) is 7.60. The first-order valence-corrected chi connectivity index (χ1v) is 8.48. The van der Waals surface area contributed by atoms with Crippen LogP contribution in [0.5, 0.6) is 0 Å². The first kappa shape index (κ1) is 17.7. The van der Waals surface area contributed by atoms with Crippen molar-refractivity contribution in [3.8, 4) is 0 Å². The summed E-state index contributed by atoms with van der Waals surface area (Å²) >= 11 is 0. The van der Waals surface area contributed by atoms with Crippen LogP contribution in [0.4, 0.5) is 0 Å². The molecule has 0 radical (unpaired) electrons. The molecule has 0 atom stereocenters.